The van der Waals surface area contributed by atoms with Crippen LogP contribution in [-0.2, 0) is 9.59 Å². The van der Waals surface area contributed by atoms with Gasteiger partial charge < -0.3 is 15.7 Å². The molecule has 0 aromatic carbocycles. The van der Waals surface area contributed by atoms with Gasteiger partial charge in [-0.3, -0.25) is 9.59 Å². The minimum Gasteiger partial charge on any atom is -0.480 e. The maximum Gasteiger partial charge on any atom is 0.325 e. The lowest BCUT2D eigenvalue weighted by Gasteiger charge is -2.40. The predicted molar refractivity (Wildman–Crippen MR) is 67.1 cm³/mol. The highest BCUT2D eigenvalue weighted by Gasteiger charge is 2.34. The number of nitrogens with one attached hydrogen (secondary N) is 2. The van der Waals surface area contributed by atoms with Crippen molar-refractivity contribution >= 4 is 11.9 Å². The van der Waals surface area contributed by atoms with Crippen molar-refractivity contribution in [2.45, 2.75) is 63.6 Å². The molecule has 2 aliphatic rings. The highest BCUT2D eigenvalue weighted by molar-refractivity contribution is 5.86. The molecule has 4 atom stereocenters. The van der Waals surface area contributed by atoms with Gasteiger partial charge in [0.1, 0.15) is 6.04 Å². The largest absolute Gasteiger partial charge is 0.480 e. The van der Waals surface area contributed by atoms with Crippen LogP contribution in [0.25, 0.3) is 0 Å². The molecular formula is C13H22N2O3. The highest BCUT2D eigenvalue weighted by Crippen LogP contribution is 2.32. The molecule has 3 N–H and O–H groups in total. The number of fused-ring (bicyclic) bond motifs is 1. The van der Waals surface area contributed by atoms with Gasteiger partial charge in [0.15, 0.2) is 0 Å². The molecule has 18 heavy (non-hydrogen) atoms. The number of hydrogen-bond acceptors (Lipinski definition) is 3. The second-order valence-corrected chi connectivity index (χ2v) is 5.52. The number of rotatable bonds is 3. The lowest BCUT2D eigenvalue weighted by Crippen LogP contribution is -2.56. The molecule has 102 valence electrons. The minimum absolute atomic E-state index is 0.172. The van der Waals surface area contributed by atoms with E-state index < -0.39 is 12.0 Å². The third kappa shape index (κ3) is 3.02. The number of piperidine rings is 1. The third-order valence-corrected chi connectivity index (χ3v) is 4.20. The maximum absolute atomic E-state index is 12.0. The molecule has 0 spiro atoms. The zero-order valence-electron chi connectivity index (χ0n) is 10.8. The smallest absolute Gasteiger partial charge is 0.325 e. The summed E-state index contributed by atoms with van der Waals surface area (Å²) in [5.41, 5.74) is 0. The van der Waals surface area contributed by atoms with Crippen molar-refractivity contribution < 1.29 is 14.7 Å². The van der Waals surface area contributed by atoms with Crippen molar-refractivity contribution in [2.75, 3.05) is 0 Å². The van der Waals surface area contributed by atoms with Crippen LogP contribution in [0, 0.1) is 5.92 Å². The third-order valence-electron chi connectivity index (χ3n) is 4.20. The van der Waals surface area contributed by atoms with Crippen molar-refractivity contribution in [2.24, 2.45) is 5.92 Å². The fourth-order valence-corrected chi connectivity index (χ4v) is 3.08. The van der Waals surface area contributed by atoms with E-state index in [1.54, 1.807) is 0 Å². The van der Waals surface area contributed by atoms with E-state index in [-0.39, 0.29) is 11.9 Å². The Bertz CT molecular complexity index is 332. The van der Waals surface area contributed by atoms with Crippen molar-refractivity contribution in [1.29, 1.82) is 0 Å². The number of carboxylic acids is 1. The summed E-state index contributed by atoms with van der Waals surface area (Å²) < 4.78 is 0. The summed E-state index contributed by atoms with van der Waals surface area (Å²) in [6, 6.07) is -0.585. The normalized spacial score (nSPS) is 33.3. The van der Waals surface area contributed by atoms with Gasteiger partial charge in [-0.25, -0.2) is 0 Å². The van der Waals surface area contributed by atoms with Crippen LogP contribution in [0.5, 0.6) is 0 Å². The van der Waals surface area contributed by atoms with Crippen LogP contribution in [-0.4, -0.2) is 35.1 Å². The molecule has 1 amide bonds. The van der Waals surface area contributed by atoms with E-state index in [2.05, 4.69) is 10.6 Å². The second kappa shape index (κ2) is 5.69. The molecule has 0 aromatic heterocycles. The molecule has 0 bridgehead atoms. The number of carbonyl (C=O) groups is 2. The number of carbonyl (C=O) groups excluding carboxylic acids is 1. The molecule has 1 saturated heterocycles. The fraction of sp³-hybridized carbons (Fsp3) is 0.846. The SMILES string of the molecule is C[C@@H](NC(=O)C1CCC2CCCCC2N1)C(=O)O. The molecule has 2 rings (SSSR count). The van der Waals surface area contributed by atoms with Gasteiger partial charge in [0.2, 0.25) is 5.91 Å². The molecule has 5 nitrogen and oxygen atoms in total. The van der Waals surface area contributed by atoms with E-state index in [4.69, 9.17) is 5.11 Å². The zero-order chi connectivity index (χ0) is 13.1. The van der Waals surface area contributed by atoms with Crippen molar-refractivity contribution in [3.8, 4) is 0 Å². The van der Waals surface area contributed by atoms with Gasteiger partial charge in [-0.1, -0.05) is 12.8 Å². The summed E-state index contributed by atoms with van der Waals surface area (Å²) >= 11 is 0. The quantitative estimate of drug-likeness (QED) is 0.699. The molecule has 1 aliphatic carbocycles. The van der Waals surface area contributed by atoms with E-state index in [9.17, 15) is 9.59 Å². The molecule has 1 aliphatic heterocycles. The Morgan fingerprint density at radius 2 is 1.94 bits per heavy atom. The zero-order valence-corrected chi connectivity index (χ0v) is 10.8. The molecule has 0 aromatic rings. The van der Waals surface area contributed by atoms with Crippen LogP contribution in [0.1, 0.15) is 45.4 Å². The first-order valence-electron chi connectivity index (χ1n) is 6.87. The van der Waals surface area contributed by atoms with Crippen LogP contribution in [0.15, 0.2) is 0 Å². The monoisotopic (exact) mass is 254 g/mol. The van der Waals surface area contributed by atoms with Gasteiger partial charge in [-0.15, -0.1) is 0 Å². The molecule has 5 heteroatoms. The van der Waals surface area contributed by atoms with E-state index in [1.807, 2.05) is 0 Å². The van der Waals surface area contributed by atoms with Crippen molar-refractivity contribution in [1.82, 2.24) is 10.6 Å². The first-order chi connectivity index (χ1) is 8.58. The first-order valence-corrected chi connectivity index (χ1v) is 6.87. The molecular weight excluding hydrogens is 232 g/mol. The lowest BCUT2D eigenvalue weighted by molar-refractivity contribution is -0.141. The minimum atomic E-state index is -0.991. The average molecular weight is 254 g/mol. The van der Waals surface area contributed by atoms with Gasteiger partial charge in [-0.2, -0.15) is 0 Å². The van der Waals surface area contributed by atoms with Crippen molar-refractivity contribution in [3.05, 3.63) is 0 Å². The van der Waals surface area contributed by atoms with Gasteiger partial charge in [0.05, 0.1) is 6.04 Å². The first kappa shape index (κ1) is 13.3. The Labute approximate surface area is 107 Å². The number of aliphatic carboxylic acids is 1. The maximum atomic E-state index is 12.0. The Balaban J connectivity index is 1.86. The Kier molecular flexibility index (Phi) is 4.22. The average Bonchev–Trinajstić information content (AvgIpc) is 2.37. The van der Waals surface area contributed by atoms with Crippen LogP contribution in [0.2, 0.25) is 0 Å². The summed E-state index contributed by atoms with van der Waals surface area (Å²) in [5, 5.41) is 14.7. The second-order valence-electron chi connectivity index (χ2n) is 5.52. The van der Waals surface area contributed by atoms with Crippen LogP contribution < -0.4 is 10.6 Å². The van der Waals surface area contributed by atoms with Crippen LogP contribution in [0.3, 0.4) is 0 Å². The van der Waals surface area contributed by atoms with Gasteiger partial charge >= 0.3 is 5.97 Å². The predicted octanol–water partition coefficient (Wildman–Crippen LogP) is 0.886. The van der Waals surface area contributed by atoms with E-state index >= 15 is 0 Å². The molecule has 1 heterocycles. The summed E-state index contributed by atoms with van der Waals surface area (Å²) in [5.74, 6) is -0.455. The van der Waals surface area contributed by atoms with Gasteiger partial charge in [0.25, 0.3) is 0 Å². The van der Waals surface area contributed by atoms with E-state index in [1.165, 1.54) is 26.2 Å². The standard InChI is InChI=1S/C13H22N2O3/c1-8(13(17)18)14-12(16)11-7-6-9-4-2-3-5-10(9)15-11/h8-11,15H,2-7H2,1H3,(H,14,16)(H,17,18)/t8-,9?,10?,11?/m1/s1. The topological polar surface area (TPSA) is 78.4 Å². The molecule has 0 radical (unpaired) electrons. The molecule has 1 saturated carbocycles. The Morgan fingerprint density at radius 3 is 2.67 bits per heavy atom. The van der Waals surface area contributed by atoms with Crippen LogP contribution in [0.4, 0.5) is 0 Å². The molecule has 2 fully saturated rings. The fourth-order valence-electron chi connectivity index (χ4n) is 3.08. The number of hydrogen-bond donors (Lipinski definition) is 3. The lowest BCUT2D eigenvalue weighted by atomic mass is 9.77. The van der Waals surface area contributed by atoms with Crippen LogP contribution >= 0.6 is 0 Å². The summed E-state index contributed by atoms with van der Waals surface area (Å²) in [7, 11) is 0. The van der Waals surface area contributed by atoms with Crippen molar-refractivity contribution in [3.63, 3.8) is 0 Å². The summed E-state index contributed by atoms with van der Waals surface area (Å²) in [6.07, 6.45) is 6.83. The van der Waals surface area contributed by atoms with Gasteiger partial charge in [0, 0.05) is 6.04 Å². The van der Waals surface area contributed by atoms with E-state index in [0.717, 1.165) is 19.3 Å². The Hall–Kier alpha value is -1.10. The Morgan fingerprint density at radius 1 is 1.22 bits per heavy atom. The van der Waals surface area contributed by atoms with E-state index in [0.29, 0.717) is 12.0 Å². The number of carboxylic acid groups (broad SMARTS) is 1. The summed E-state index contributed by atoms with van der Waals surface area (Å²) in [6.45, 7) is 1.49. The summed E-state index contributed by atoms with van der Waals surface area (Å²) in [4.78, 5) is 22.7. The highest BCUT2D eigenvalue weighted by atomic mass is 16.4. The number of amides is 1. The van der Waals surface area contributed by atoms with Gasteiger partial charge in [-0.05, 0) is 38.5 Å². The molecule has 3 unspecified atom stereocenters.